The summed E-state index contributed by atoms with van der Waals surface area (Å²) in [5.74, 6) is 0.611. The van der Waals surface area contributed by atoms with E-state index in [-0.39, 0.29) is 17.1 Å². The molecule has 8 heteroatoms. The van der Waals surface area contributed by atoms with E-state index in [2.05, 4.69) is 22.1 Å². The molecule has 0 unspecified atom stereocenters. The van der Waals surface area contributed by atoms with Gasteiger partial charge >= 0.3 is 0 Å². The van der Waals surface area contributed by atoms with Gasteiger partial charge < -0.3 is 14.6 Å². The zero-order valence-electron chi connectivity index (χ0n) is 17.7. The van der Waals surface area contributed by atoms with Crippen LogP contribution in [-0.4, -0.2) is 50.7 Å². The predicted octanol–water partition coefficient (Wildman–Crippen LogP) is 2.81. The molecule has 31 heavy (non-hydrogen) atoms. The van der Waals surface area contributed by atoms with Crippen molar-refractivity contribution >= 4 is 22.6 Å². The number of aromatic amines is 1. The number of methoxy groups -OCH3 is 1. The Bertz CT molecular complexity index is 1260. The maximum Gasteiger partial charge on any atom is 0.294 e. The fourth-order valence-corrected chi connectivity index (χ4v) is 3.68. The molecule has 2 aromatic carbocycles. The van der Waals surface area contributed by atoms with Crippen molar-refractivity contribution in [2.75, 3.05) is 20.3 Å². The molecule has 1 N–H and O–H groups in total. The number of carbonyl (C=O) groups excluding carboxylic acids is 1. The first-order valence-electron chi connectivity index (χ1n) is 10.3. The molecule has 4 rings (SSSR count). The van der Waals surface area contributed by atoms with Gasteiger partial charge in [0.2, 0.25) is 5.65 Å². The lowest BCUT2D eigenvalue weighted by Crippen LogP contribution is -2.33. The molecule has 0 spiro atoms. The SMILES string of the molecule is CCCc1nnc2c(=O)[nH]c3cc(C(=O)N(CCOC)Cc4ccccc4)ccc3n12. The number of amides is 1. The van der Waals surface area contributed by atoms with Gasteiger partial charge in [-0.1, -0.05) is 37.3 Å². The number of fused-ring (bicyclic) bond motifs is 3. The first-order chi connectivity index (χ1) is 15.1. The molecular formula is C23H25N5O3. The van der Waals surface area contributed by atoms with Gasteiger partial charge in [-0.05, 0) is 30.2 Å². The van der Waals surface area contributed by atoms with Crippen molar-refractivity contribution in [3.05, 3.63) is 75.8 Å². The number of aryl methyl sites for hydroxylation is 1. The second kappa shape index (κ2) is 9.09. The highest BCUT2D eigenvalue weighted by Crippen LogP contribution is 2.18. The Labute approximate surface area is 179 Å². The van der Waals surface area contributed by atoms with Crippen LogP contribution in [-0.2, 0) is 17.7 Å². The third-order valence-corrected chi connectivity index (χ3v) is 5.21. The fraction of sp³-hybridized carbons (Fsp3) is 0.304. The number of nitrogens with zero attached hydrogens (tertiary/aromatic N) is 4. The van der Waals surface area contributed by atoms with E-state index < -0.39 is 0 Å². The van der Waals surface area contributed by atoms with Gasteiger partial charge in [-0.3, -0.25) is 14.0 Å². The number of ether oxygens (including phenoxy) is 1. The van der Waals surface area contributed by atoms with Crippen LogP contribution in [0, 0.1) is 0 Å². The Hall–Kier alpha value is -3.52. The van der Waals surface area contributed by atoms with Gasteiger partial charge in [0.15, 0.2) is 0 Å². The number of H-pyrrole nitrogens is 1. The lowest BCUT2D eigenvalue weighted by molar-refractivity contribution is 0.0680. The minimum absolute atomic E-state index is 0.124. The van der Waals surface area contributed by atoms with E-state index in [4.69, 9.17) is 4.74 Å². The van der Waals surface area contributed by atoms with E-state index in [1.54, 1.807) is 28.5 Å². The van der Waals surface area contributed by atoms with Crippen molar-refractivity contribution < 1.29 is 9.53 Å². The molecule has 0 aliphatic heterocycles. The van der Waals surface area contributed by atoms with E-state index in [1.165, 1.54) is 0 Å². The van der Waals surface area contributed by atoms with Crippen LogP contribution in [0.15, 0.2) is 53.3 Å². The number of rotatable bonds is 8. The zero-order valence-corrected chi connectivity index (χ0v) is 17.7. The van der Waals surface area contributed by atoms with E-state index in [0.717, 1.165) is 23.3 Å². The molecule has 0 radical (unpaired) electrons. The van der Waals surface area contributed by atoms with Crippen molar-refractivity contribution in [3.8, 4) is 0 Å². The number of hydrogen-bond donors (Lipinski definition) is 1. The third-order valence-electron chi connectivity index (χ3n) is 5.21. The number of nitrogens with one attached hydrogen (secondary N) is 1. The molecule has 0 saturated carbocycles. The summed E-state index contributed by atoms with van der Waals surface area (Å²) < 4.78 is 6.98. The molecule has 0 fully saturated rings. The third kappa shape index (κ3) is 4.20. The Balaban J connectivity index is 1.73. The van der Waals surface area contributed by atoms with E-state index in [1.807, 2.05) is 36.4 Å². The molecule has 0 aliphatic rings. The first-order valence-corrected chi connectivity index (χ1v) is 10.3. The molecule has 8 nitrogen and oxygen atoms in total. The standard InChI is InChI=1S/C23H25N5O3/c1-3-7-20-25-26-21-22(29)24-18-14-17(10-11-19(18)28(20)21)23(30)27(12-13-31-2)15-16-8-5-4-6-9-16/h4-6,8-11,14H,3,7,12-13,15H2,1-2H3,(H,24,29). The zero-order chi connectivity index (χ0) is 21.8. The highest BCUT2D eigenvalue weighted by molar-refractivity contribution is 5.97. The first kappa shape index (κ1) is 20.7. The Morgan fingerprint density at radius 1 is 1.16 bits per heavy atom. The van der Waals surface area contributed by atoms with Gasteiger partial charge in [-0.15, -0.1) is 10.2 Å². The van der Waals surface area contributed by atoms with Crippen LogP contribution in [0.5, 0.6) is 0 Å². The van der Waals surface area contributed by atoms with Crippen LogP contribution in [0.25, 0.3) is 16.7 Å². The maximum atomic E-state index is 13.3. The summed E-state index contributed by atoms with van der Waals surface area (Å²) in [7, 11) is 1.62. The lowest BCUT2D eigenvalue weighted by Gasteiger charge is -2.23. The summed E-state index contributed by atoms with van der Waals surface area (Å²) in [5, 5.41) is 8.20. The molecule has 1 amide bonds. The Morgan fingerprint density at radius 3 is 2.71 bits per heavy atom. The average Bonchev–Trinajstić information content (AvgIpc) is 3.21. The summed E-state index contributed by atoms with van der Waals surface area (Å²) in [4.78, 5) is 30.4. The number of benzene rings is 2. The van der Waals surface area contributed by atoms with Crippen molar-refractivity contribution in [1.82, 2.24) is 24.5 Å². The number of hydrogen-bond acceptors (Lipinski definition) is 5. The van der Waals surface area contributed by atoms with Gasteiger partial charge in [-0.2, -0.15) is 0 Å². The molecule has 0 aliphatic carbocycles. The van der Waals surface area contributed by atoms with E-state index >= 15 is 0 Å². The second-order valence-corrected chi connectivity index (χ2v) is 7.42. The molecule has 4 aromatic rings. The van der Waals surface area contributed by atoms with Crippen LogP contribution in [0.2, 0.25) is 0 Å². The molecule has 0 atom stereocenters. The molecule has 0 bridgehead atoms. The largest absolute Gasteiger partial charge is 0.383 e. The van der Waals surface area contributed by atoms with Crippen LogP contribution in [0.1, 0.15) is 35.1 Å². The lowest BCUT2D eigenvalue weighted by atomic mass is 10.1. The van der Waals surface area contributed by atoms with Gasteiger partial charge in [-0.25, -0.2) is 0 Å². The van der Waals surface area contributed by atoms with Crippen LogP contribution >= 0.6 is 0 Å². The Kier molecular flexibility index (Phi) is 6.08. The molecule has 160 valence electrons. The van der Waals surface area contributed by atoms with Gasteiger partial charge in [0.1, 0.15) is 5.82 Å². The van der Waals surface area contributed by atoms with E-state index in [9.17, 15) is 9.59 Å². The summed E-state index contributed by atoms with van der Waals surface area (Å²) in [6.07, 6.45) is 1.60. The average molecular weight is 419 g/mol. The van der Waals surface area contributed by atoms with Crippen molar-refractivity contribution in [3.63, 3.8) is 0 Å². The van der Waals surface area contributed by atoms with Crippen LogP contribution in [0.4, 0.5) is 0 Å². The van der Waals surface area contributed by atoms with Crippen LogP contribution in [0.3, 0.4) is 0 Å². The topological polar surface area (TPSA) is 92.6 Å². The summed E-state index contributed by atoms with van der Waals surface area (Å²) in [5.41, 5.74) is 2.82. The van der Waals surface area contributed by atoms with Gasteiger partial charge in [0.25, 0.3) is 11.5 Å². The van der Waals surface area contributed by atoms with Gasteiger partial charge in [0, 0.05) is 32.2 Å². The molecule has 0 saturated heterocycles. The smallest absolute Gasteiger partial charge is 0.294 e. The number of carbonyl (C=O) groups is 1. The van der Waals surface area contributed by atoms with Crippen LogP contribution < -0.4 is 5.56 Å². The fourth-order valence-electron chi connectivity index (χ4n) is 3.68. The highest BCUT2D eigenvalue weighted by atomic mass is 16.5. The summed E-state index contributed by atoms with van der Waals surface area (Å²) >= 11 is 0. The van der Waals surface area contributed by atoms with Crippen molar-refractivity contribution in [2.45, 2.75) is 26.3 Å². The second-order valence-electron chi connectivity index (χ2n) is 7.42. The molecule has 2 aromatic heterocycles. The number of aromatic nitrogens is 4. The minimum atomic E-state index is -0.326. The monoisotopic (exact) mass is 419 g/mol. The van der Waals surface area contributed by atoms with E-state index in [0.29, 0.717) is 37.2 Å². The highest BCUT2D eigenvalue weighted by Gasteiger charge is 2.18. The minimum Gasteiger partial charge on any atom is -0.383 e. The van der Waals surface area contributed by atoms with Crippen molar-refractivity contribution in [1.29, 1.82) is 0 Å². The summed E-state index contributed by atoms with van der Waals surface area (Å²) in [6.45, 7) is 3.42. The summed E-state index contributed by atoms with van der Waals surface area (Å²) in [6, 6.07) is 15.2. The molecular weight excluding hydrogens is 394 g/mol. The predicted molar refractivity (Wildman–Crippen MR) is 118 cm³/mol. The maximum absolute atomic E-state index is 13.3. The van der Waals surface area contributed by atoms with Crippen molar-refractivity contribution in [2.24, 2.45) is 0 Å². The normalized spacial score (nSPS) is 11.3. The quantitative estimate of drug-likeness (QED) is 0.474. The Morgan fingerprint density at radius 2 is 1.97 bits per heavy atom. The molecule has 2 heterocycles. The van der Waals surface area contributed by atoms with Gasteiger partial charge in [0.05, 0.1) is 17.6 Å².